The topological polar surface area (TPSA) is 55.8 Å². The molecule has 3 aliphatic rings. The highest BCUT2D eigenvalue weighted by Gasteiger charge is 2.27. The molecule has 2 aromatic rings. The third-order valence-corrected chi connectivity index (χ3v) is 6.47. The fourth-order valence-corrected chi connectivity index (χ4v) is 4.48. The van der Waals surface area contributed by atoms with Crippen LogP contribution in [-0.4, -0.2) is 78.7 Å². The van der Waals surface area contributed by atoms with Crippen molar-refractivity contribution < 1.29 is 4.79 Å². The Hall–Kier alpha value is -2.67. The van der Waals surface area contributed by atoms with Crippen molar-refractivity contribution in [2.24, 2.45) is 0 Å². The zero-order valence-electron chi connectivity index (χ0n) is 17.9. The van der Waals surface area contributed by atoms with Crippen molar-refractivity contribution in [3.05, 3.63) is 47.3 Å². The van der Waals surface area contributed by atoms with E-state index >= 15 is 0 Å². The van der Waals surface area contributed by atoms with E-state index in [1.807, 2.05) is 23.2 Å². The lowest BCUT2D eigenvalue weighted by molar-refractivity contribution is 0.0746. The van der Waals surface area contributed by atoms with Crippen LogP contribution in [0.4, 0.5) is 11.6 Å². The van der Waals surface area contributed by atoms with Crippen molar-refractivity contribution in [3.8, 4) is 0 Å². The lowest BCUT2D eigenvalue weighted by atomic mass is 10.1. The number of pyridine rings is 2. The second-order valence-corrected chi connectivity index (χ2v) is 8.85. The lowest BCUT2D eigenvalue weighted by Gasteiger charge is -2.36. The van der Waals surface area contributed by atoms with Crippen LogP contribution < -0.4 is 9.80 Å². The predicted octanol–water partition coefficient (Wildman–Crippen LogP) is 2.33. The molecule has 4 heterocycles. The number of aromatic nitrogens is 2. The molecule has 5 rings (SSSR count). The first-order chi connectivity index (χ1) is 14.6. The summed E-state index contributed by atoms with van der Waals surface area (Å²) >= 11 is 0. The first kappa shape index (κ1) is 19.3. The number of aryl methyl sites for hydroxylation is 1. The number of carbonyl (C=O) groups is 1. The molecule has 7 heteroatoms. The molecular weight excluding hydrogens is 376 g/mol. The first-order valence-electron chi connectivity index (χ1n) is 11.0. The largest absolute Gasteiger partial charge is 0.353 e. The molecule has 30 heavy (non-hydrogen) atoms. The summed E-state index contributed by atoms with van der Waals surface area (Å²) in [6.45, 7) is 8.11. The Morgan fingerprint density at radius 2 is 1.73 bits per heavy atom. The molecule has 0 radical (unpaired) electrons. The Balaban J connectivity index is 1.19. The van der Waals surface area contributed by atoms with E-state index in [9.17, 15) is 4.79 Å². The Bertz CT molecular complexity index is 918. The van der Waals surface area contributed by atoms with Gasteiger partial charge in [-0.1, -0.05) is 6.07 Å². The number of anilines is 2. The molecule has 2 saturated heterocycles. The standard InChI is InChI=1S/C23H30N6O/c1-17-13-20(18-3-4-18)15-25-22(17)27-9-11-28(12-10-27)23(30)19-5-6-21(24-14-19)29-8-7-26(2)16-29/h5-6,13-15,18H,3-4,7-12,16H2,1-2H3. The van der Waals surface area contributed by atoms with Crippen molar-refractivity contribution in [1.29, 1.82) is 0 Å². The van der Waals surface area contributed by atoms with E-state index in [2.05, 4.69) is 39.7 Å². The van der Waals surface area contributed by atoms with Gasteiger partial charge in [0, 0.05) is 51.7 Å². The van der Waals surface area contributed by atoms with E-state index in [1.54, 1.807) is 6.20 Å². The molecule has 0 atom stereocenters. The number of rotatable bonds is 4. The molecular formula is C23H30N6O. The minimum absolute atomic E-state index is 0.0704. The van der Waals surface area contributed by atoms with Crippen LogP contribution in [0.25, 0.3) is 0 Å². The van der Waals surface area contributed by atoms with Gasteiger partial charge in [0.2, 0.25) is 0 Å². The summed E-state index contributed by atoms with van der Waals surface area (Å²) < 4.78 is 0. The molecule has 0 N–H and O–H groups in total. The quantitative estimate of drug-likeness (QED) is 0.777. The van der Waals surface area contributed by atoms with E-state index in [0.717, 1.165) is 50.4 Å². The molecule has 2 aliphatic heterocycles. The smallest absolute Gasteiger partial charge is 0.255 e. The molecule has 2 aromatic heterocycles. The molecule has 0 unspecified atom stereocenters. The van der Waals surface area contributed by atoms with Gasteiger partial charge in [0.1, 0.15) is 11.6 Å². The maximum Gasteiger partial charge on any atom is 0.255 e. The molecule has 158 valence electrons. The summed E-state index contributed by atoms with van der Waals surface area (Å²) in [4.78, 5) is 31.0. The van der Waals surface area contributed by atoms with E-state index in [4.69, 9.17) is 4.98 Å². The second-order valence-electron chi connectivity index (χ2n) is 8.85. The SMILES string of the molecule is Cc1cc(C2CC2)cnc1N1CCN(C(=O)c2ccc(N3CCN(C)C3)nc2)CC1. The van der Waals surface area contributed by atoms with Crippen molar-refractivity contribution in [2.45, 2.75) is 25.7 Å². The summed E-state index contributed by atoms with van der Waals surface area (Å²) in [7, 11) is 2.11. The number of amides is 1. The van der Waals surface area contributed by atoms with Crippen LogP contribution in [0.2, 0.25) is 0 Å². The van der Waals surface area contributed by atoms with Gasteiger partial charge in [-0.05, 0) is 56.0 Å². The summed E-state index contributed by atoms with van der Waals surface area (Å²) in [6, 6.07) is 6.18. The number of nitrogens with zero attached hydrogens (tertiary/aromatic N) is 6. The third-order valence-electron chi connectivity index (χ3n) is 6.47. The Labute approximate surface area is 178 Å². The number of carbonyl (C=O) groups excluding carboxylic acids is 1. The van der Waals surface area contributed by atoms with Crippen molar-refractivity contribution in [1.82, 2.24) is 19.8 Å². The Kier molecular flexibility index (Phi) is 5.06. The van der Waals surface area contributed by atoms with Gasteiger partial charge in [-0.3, -0.25) is 9.69 Å². The van der Waals surface area contributed by atoms with Crippen LogP contribution in [0.3, 0.4) is 0 Å². The van der Waals surface area contributed by atoms with E-state index in [-0.39, 0.29) is 5.91 Å². The molecule has 1 amide bonds. The molecule has 7 nitrogen and oxygen atoms in total. The molecule has 1 saturated carbocycles. The number of hydrogen-bond donors (Lipinski definition) is 0. The first-order valence-corrected chi connectivity index (χ1v) is 11.0. The van der Waals surface area contributed by atoms with Crippen LogP contribution in [0.5, 0.6) is 0 Å². The Morgan fingerprint density at radius 1 is 0.967 bits per heavy atom. The van der Waals surface area contributed by atoms with Gasteiger partial charge in [0.05, 0.1) is 12.2 Å². The fraction of sp³-hybridized carbons (Fsp3) is 0.522. The molecule has 0 bridgehead atoms. The summed E-state index contributed by atoms with van der Waals surface area (Å²) in [5.74, 6) is 2.80. The zero-order valence-corrected chi connectivity index (χ0v) is 17.9. The van der Waals surface area contributed by atoms with E-state index in [0.29, 0.717) is 18.7 Å². The second kappa shape index (κ2) is 7.87. The molecule has 3 fully saturated rings. The van der Waals surface area contributed by atoms with E-state index in [1.165, 1.54) is 24.0 Å². The maximum absolute atomic E-state index is 13.0. The number of hydrogen-bond acceptors (Lipinski definition) is 6. The highest BCUT2D eigenvalue weighted by atomic mass is 16.2. The minimum atomic E-state index is 0.0704. The fourth-order valence-electron chi connectivity index (χ4n) is 4.48. The van der Waals surface area contributed by atoms with Crippen LogP contribution in [0.15, 0.2) is 30.6 Å². The monoisotopic (exact) mass is 406 g/mol. The van der Waals surface area contributed by atoms with Crippen LogP contribution in [-0.2, 0) is 0 Å². The van der Waals surface area contributed by atoms with Crippen molar-refractivity contribution in [2.75, 3.05) is 62.8 Å². The lowest BCUT2D eigenvalue weighted by Crippen LogP contribution is -2.49. The average Bonchev–Trinajstić information content (AvgIpc) is 3.54. The maximum atomic E-state index is 13.0. The molecule has 0 spiro atoms. The molecule has 1 aliphatic carbocycles. The van der Waals surface area contributed by atoms with Gasteiger partial charge in [0.15, 0.2) is 0 Å². The van der Waals surface area contributed by atoms with Crippen LogP contribution in [0, 0.1) is 6.92 Å². The van der Waals surface area contributed by atoms with Crippen molar-refractivity contribution in [3.63, 3.8) is 0 Å². The zero-order chi connectivity index (χ0) is 20.7. The normalized spacial score (nSPS) is 20.1. The van der Waals surface area contributed by atoms with E-state index < -0.39 is 0 Å². The third kappa shape index (κ3) is 3.86. The Morgan fingerprint density at radius 3 is 2.33 bits per heavy atom. The summed E-state index contributed by atoms with van der Waals surface area (Å²) in [5.41, 5.74) is 3.29. The average molecular weight is 407 g/mol. The van der Waals surface area contributed by atoms with Gasteiger partial charge in [0.25, 0.3) is 5.91 Å². The minimum Gasteiger partial charge on any atom is -0.353 e. The van der Waals surface area contributed by atoms with Crippen LogP contribution >= 0.6 is 0 Å². The van der Waals surface area contributed by atoms with Gasteiger partial charge in [-0.15, -0.1) is 0 Å². The molecule has 0 aromatic carbocycles. The van der Waals surface area contributed by atoms with Gasteiger partial charge in [-0.25, -0.2) is 9.97 Å². The van der Waals surface area contributed by atoms with Crippen LogP contribution in [0.1, 0.15) is 40.2 Å². The highest BCUT2D eigenvalue weighted by molar-refractivity contribution is 5.94. The van der Waals surface area contributed by atoms with Crippen molar-refractivity contribution >= 4 is 17.5 Å². The summed E-state index contributed by atoms with van der Waals surface area (Å²) in [6.07, 6.45) is 6.37. The number of likely N-dealkylation sites (N-methyl/N-ethyl adjacent to an activating group) is 1. The van der Waals surface area contributed by atoms with Gasteiger partial charge in [-0.2, -0.15) is 0 Å². The van der Waals surface area contributed by atoms with Gasteiger partial charge >= 0.3 is 0 Å². The highest BCUT2D eigenvalue weighted by Crippen LogP contribution is 2.40. The summed E-state index contributed by atoms with van der Waals surface area (Å²) in [5, 5.41) is 0. The van der Waals surface area contributed by atoms with Gasteiger partial charge < -0.3 is 14.7 Å². The predicted molar refractivity (Wildman–Crippen MR) is 118 cm³/mol. The number of piperazine rings is 1.